The number of carbonyl (C=O) groups excluding carboxylic acids is 1. The first-order chi connectivity index (χ1) is 13.0. The van der Waals surface area contributed by atoms with E-state index in [1.165, 1.54) is 10.4 Å². The molecule has 0 spiro atoms. The fourth-order valence-electron chi connectivity index (χ4n) is 2.90. The van der Waals surface area contributed by atoms with Gasteiger partial charge in [0.1, 0.15) is 0 Å². The lowest BCUT2D eigenvalue weighted by molar-refractivity contribution is -0.116. The highest BCUT2D eigenvalue weighted by Crippen LogP contribution is 2.26. The van der Waals surface area contributed by atoms with Gasteiger partial charge in [-0.1, -0.05) is 41.9 Å². The first-order valence-corrected chi connectivity index (χ1v) is 10.1. The lowest BCUT2D eigenvalue weighted by Gasteiger charge is -2.20. The summed E-state index contributed by atoms with van der Waals surface area (Å²) in [5, 5.41) is 3.03. The number of carbonyl (C=O) groups is 1. The zero-order valence-corrected chi connectivity index (χ0v) is 17.1. The van der Waals surface area contributed by atoms with Gasteiger partial charge in [-0.3, -0.25) is 4.79 Å². The molecule has 27 heavy (non-hydrogen) atoms. The van der Waals surface area contributed by atoms with Crippen molar-refractivity contribution >= 4 is 40.2 Å². The third-order valence-electron chi connectivity index (χ3n) is 4.43. The Bertz CT molecular complexity index is 908. The predicted octanol–water partition coefficient (Wildman–Crippen LogP) is 5.92. The van der Waals surface area contributed by atoms with E-state index in [0.29, 0.717) is 6.42 Å². The van der Waals surface area contributed by atoms with Gasteiger partial charge in [-0.15, -0.1) is 11.3 Å². The molecule has 3 nitrogen and oxygen atoms in total. The minimum Gasteiger partial charge on any atom is -0.369 e. The first kappa shape index (κ1) is 19.5. The molecule has 0 aliphatic carbocycles. The number of benzene rings is 2. The SMILES string of the molecule is Cc1cc(N(C)Cc2ccc(Cl)s2)ccc1NC(=O)CCc1ccccc1. The number of rotatable bonds is 7. The summed E-state index contributed by atoms with van der Waals surface area (Å²) >= 11 is 7.61. The molecule has 0 unspecified atom stereocenters. The topological polar surface area (TPSA) is 32.3 Å². The predicted molar refractivity (Wildman–Crippen MR) is 116 cm³/mol. The summed E-state index contributed by atoms with van der Waals surface area (Å²) in [5.41, 5.74) is 4.20. The number of aryl methyl sites for hydroxylation is 2. The zero-order valence-electron chi connectivity index (χ0n) is 15.5. The Balaban J connectivity index is 1.58. The fourth-order valence-corrected chi connectivity index (χ4v) is 4.04. The van der Waals surface area contributed by atoms with Crippen LogP contribution in [0.5, 0.6) is 0 Å². The molecule has 0 saturated heterocycles. The number of nitrogens with one attached hydrogen (secondary N) is 1. The minimum atomic E-state index is 0.0382. The summed E-state index contributed by atoms with van der Waals surface area (Å²) in [6.07, 6.45) is 1.22. The van der Waals surface area contributed by atoms with Crippen molar-refractivity contribution in [1.82, 2.24) is 0 Å². The van der Waals surface area contributed by atoms with E-state index in [2.05, 4.69) is 29.4 Å². The van der Waals surface area contributed by atoms with E-state index in [-0.39, 0.29) is 5.91 Å². The molecule has 0 atom stereocenters. The molecule has 1 N–H and O–H groups in total. The smallest absolute Gasteiger partial charge is 0.224 e. The number of thiophene rings is 1. The summed E-state index contributed by atoms with van der Waals surface area (Å²) in [6.45, 7) is 2.83. The van der Waals surface area contributed by atoms with Gasteiger partial charge in [-0.25, -0.2) is 0 Å². The summed E-state index contributed by atoms with van der Waals surface area (Å²) < 4.78 is 0.808. The number of halogens is 1. The van der Waals surface area contributed by atoms with E-state index in [9.17, 15) is 4.79 Å². The Morgan fingerprint density at radius 3 is 2.56 bits per heavy atom. The van der Waals surface area contributed by atoms with Crippen LogP contribution in [0.2, 0.25) is 4.34 Å². The lowest BCUT2D eigenvalue weighted by Crippen LogP contribution is -2.17. The fraction of sp³-hybridized carbons (Fsp3) is 0.227. The Kier molecular flexibility index (Phi) is 6.54. The Labute approximate surface area is 169 Å². The van der Waals surface area contributed by atoms with Crippen LogP contribution >= 0.6 is 22.9 Å². The number of nitrogens with zero attached hydrogens (tertiary/aromatic N) is 1. The molecule has 140 valence electrons. The van der Waals surface area contributed by atoms with Crippen molar-refractivity contribution < 1.29 is 4.79 Å². The molecule has 0 bridgehead atoms. The van der Waals surface area contributed by atoms with Crippen molar-refractivity contribution in [2.24, 2.45) is 0 Å². The molecule has 0 aliphatic heterocycles. The maximum atomic E-state index is 12.3. The normalized spacial score (nSPS) is 10.6. The average Bonchev–Trinajstić information content (AvgIpc) is 3.07. The van der Waals surface area contributed by atoms with E-state index in [0.717, 1.165) is 34.2 Å². The zero-order chi connectivity index (χ0) is 19.2. The molecule has 1 amide bonds. The van der Waals surface area contributed by atoms with Gasteiger partial charge in [0.2, 0.25) is 5.91 Å². The van der Waals surface area contributed by atoms with Gasteiger partial charge >= 0.3 is 0 Å². The largest absolute Gasteiger partial charge is 0.369 e. The highest BCUT2D eigenvalue weighted by molar-refractivity contribution is 7.16. The van der Waals surface area contributed by atoms with Crippen molar-refractivity contribution in [1.29, 1.82) is 0 Å². The number of hydrogen-bond acceptors (Lipinski definition) is 3. The van der Waals surface area contributed by atoms with Crippen LogP contribution < -0.4 is 10.2 Å². The molecule has 1 heterocycles. The Morgan fingerprint density at radius 1 is 1.11 bits per heavy atom. The first-order valence-electron chi connectivity index (χ1n) is 8.91. The summed E-state index contributed by atoms with van der Waals surface area (Å²) in [7, 11) is 2.06. The second-order valence-electron chi connectivity index (χ2n) is 6.59. The molecule has 2 aromatic carbocycles. The van der Waals surface area contributed by atoms with Gasteiger partial charge < -0.3 is 10.2 Å². The molecule has 0 saturated carbocycles. The Hall–Kier alpha value is -2.30. The minimum absolute atomic E-state index is 0.0382. The molecule has 0 fully saturated rings. The van der Waals surface area contributed by atoms with Crippen LogP contribution in [0.25, 0.3) is 0 Å². The molecule has 5 heteroatoms. The van der Waals surface area contributed by atoms with Crippen LogP contribution in [0.15, 0.2) is 60.7 Å². The van der Waals surface area contributed by atoms with Crippen molar-refractivity contribution in [2.45, 2.75) is 26.3 Å². The molecular formula is C22H23ClN2OS. The highest BCUT2D eigenvalue weighted by atomic mass is 35.5. The van der Waals surface area contributed by atoms with E-state index in [4.69, 9.17) is 11.6 Å². The van der Waals surface area contributed by atoms with Gasteiger partial charge in [0.05, 0.1) is 10.9 Å². The van der Waals surface area contributed by atoms with Crippen LogP contribution in [0.1, 0.15) is 22.4 Å². The maximum absolute atomic E-state index is 12.3. The molecule has 0 aliphatic rings. The van der Waals surface area contributed by atoms with Crippen molar-refractivity contribution in [3.8, 4) is 0 Å². The van der Waals surface area contributed by atoms with Crippen LogP contribution in [0.4, 0.5) is 11.4 Å². The molecular weight excluding hydrogens is 376 g/mol. The van der Waals surface area contributed by atoms with E-state index >= 15 is 0 Å². The van der Waals surface area contributed by atoms with Crippen LogP contribution in [0, 0.1) is 6.92 Å². The van der Waals surface area contributed by atoms with Gasteiger partial charge in [0.25, 0.3) is 0 Å². The third-order valence-corrected chi connectivity index (χ3v) is 5.65. The van der Waals surface area contributed by atoms with Gasteiger partial charge in [0.15, 0.2) is 0 Å². The van der Waals surface area contributed by atoms with Crippen LogP contribution in [0.3, 0.4) is 0 Å². The number of hydrogen-bond donors (Lipinski definition) is 1. The molecule has 0 radical (unpaired) electrons. The van der Waals surface area contributed by atoms with E-state index in [1.54, 1.807) is 11.3 Å². The van der Waals surface area contributed by atoms with Crippen LogP contribution in [-0.4, -0.2) is 13.0 Å². The molecule has 3 aromatic rings. The Morgan fingerprint density at radius 2 is 1.89 bits per heavy atom. The van der Waals surface area contributed by atoms with Gasteiger partial charge in [-0.05, 0) is 54.8 Å². The number of anilines is 2. The number of amides is 1. The quantitative estimate of drug-likeness (QED) is 0.535. The standard InChI is InChI=1S/C22H23ClN2OS/c1-16-14-18(25(2)15-19-10-12-21(23)27-19)9-11-20(16)24-22(26)13-8-17-6-4-3-5-7-17/h3-7,9-12,14H,8,13,15H2,1-2H3,(H,24,26). The van der Waals surface area contributed by atoms with Crippen molar-refractivity contribution in [3.05, 3.63) is 81.0 Å². The van der Waals surface area contributed by atoms with Gasteiger partial charge in [0, 0.05) is 29.7 Å². The van der Waals surface area contributed by atoms with Crippen molar-refractivity contribution in [3.63, 3.8) is 0 Å². The van der Waals surface area contributed by atoms with Crippen molar-refractivity contribution in [2.75, 3.05) is 17.3 Å². The van der Waals surface area contributed by atoms with Gasteiger partial charge in [-0.2, -0.15) is 0 Å². The summed E-state index contributed by atoms with van der Waals surface area (Å²) in [5.74, 6) is 0.0382. The monoisotopic (exact) mass is 398 g/mol. The highest BCUT2D eigenvalue weighted by Gasteiger charge is 2.09. The van der Waals surface area contributed by atoms with E-state index in [1.807, 2.05) is 55.5 Å². The summed E-state index contributed by atoms with van der Waals surface area (Å²) in [6, 6.07) is 20.2. The second-order valence-corrected chi connectivity index (χ2v) is 8.39. The van der Waals surface area contributed by atoms with E-state index < -0.39 is 0 Å². The average molecular weight is 399 g/mol. The second kappa shape index (κ2) is 9.07. The van der Waals surface area contributed by atoms with Crippen LogP contribution in [-0.2, 0) is 17.8 Å². The molecule has 3 rings (SSSR count). The summed E-state index contributed by atoms with van der Waals surface area (Å²) in [4.78, 5) is 15.7. The lowest BCUT2D eigenvalue weighted by atomic mass is 10.1. The third kappa shape index (κ3) is 5.59. The maximum Gasteiger partial charge on any atom is 0.224 e. The molecule has 1 aromatic heterocycles.